The fourth-order valence-corrected chi connectivity index (χ4v) is 3.90. The van der Waals surface area contributed by atoms with Gasteiger partial charge < -0.3 is 19.5 Å². The van der Waals surface area contributed by atoms with Gasteiger partial charge in [-0.05, 0) is 51.2 Å². The molecule has 1 atom stereocenters. The van der Waals surface area contributed by atoms with E-state index in [1.165, 1.54) is 11.1 Å². The Hall–Kier alpha value is -1.59. The standard InChI is InChI=1S/C20H29NO4/c1-19(2,3)25-18(22)21-11-10-20(14-17-23-12-13-24-17)9-8-15-6-4-5-7-16(15)20/h4-7,17H,8-14H2,1-3H3,(H,21,22). The summed E-state index contributed by atoms with van der Waals surface area (Å²) in [5.41, 5.74) is 2.28. The van der Waals surface area contributed by atoms with E-state index < -0.39 is 5.60 Å². The van der Waals surface area contributed by atoms with Gasteiger partial charge in [-0.1, -0.05) is 24.3 Å². The topological polar surface area (TPSA) is 56.8 Å². The number of carbonyl (C=O) groups is 1. The summed E-state index contributed by atoms with van der Waals surface area (Å²) in [4.78, 5) is 11.9. The molecule has 1 aromatic rings. The summed E-state index contributed by atoms with van der Waals surface area (Å²) in [6.07, 6.45) is 3.31. The van der Waals surface area contributed by atoms with Crippen molar-refractivity contribution in [3.63, 3.8) is 0 Å². The summed E-state index contributed by atoms with van der Waals surface area (Å²) in [6, 6.07) is 8.60. The molecule has 25 heavy (non-hydrogen) atoms. The van der Waals surface area contributed by atoms with Crippen LogP contribution in [-0.2, 0) is 26.0 Å². The molecule has 1 aliphatic heterocycles. The van der Waals surface area contributed by atoms with Gasteiger partial charge in [0, 0.05) is 18.4 Å². The zero-order valence-electron chi connectivity index (χ0n) is 15.5. The van der Waals surface area contributed by atoms with Crippen LogP contribution in [0.15, 0.2) is 24.3 Å². The number of carbonyl (C=O) groups excluding carboxylic acids is 1. The number of alkyl carbamates (subject to hydrolysis) is 1. The molecule has 0 bridgehead atoms. The van der Waals surface area contributed by atoms with Crippen molar-refractivity contribution in [1.29, 1.82) is 0 Å². The average molecular weight is 347 g/mol. The molecule has 1 fully saturated rings. The average Bonchev–Trinajstić information content (AvgIpc) is 3.15. The van der Waals surface area contributed by atoms with Crippen molar-refractivity contribution in [2.75, 3.05) is 19.8 Å². The highest BCUT2D eigenvalue weighted by Gasteiger charge is 2.41. The highest BCUT2D eigenvalue weighted by Crippen LogP contribution is 2.45. The quantitative estimate of drug-likeness (QED) is 0.885. The highest BCUT2D eigenvalue weighted by molar-refractivity contribution is 5.67. The Morgan fingerprint density at radius 1 is 1.28 bits per heavy atom. The van der Waals surface area contributed by atoms with Crippen LogP contribution in [0.3, 0.4) is 0 Å². The minimum Gasteiger partial charge on any atom is -0.444 e. The van der Waals surface area contributed by atoms with Crippen LogP contribution in [0, 0.1) is 0 Å². The van der Waals surface area contributed by atoms with Gasteiger partial charge >= 0.3 is 6.09 Å². The Balaban J connectivity index is 1.67. The molecule has 1 N–H and O–H groups in total. The van der Waals surface area contributed by atoms with Crippen molar-refractivity contribution < 1.29 is 19.0 Å². The minimum absolute atomic E-state index is 0.0133. The molecule has 0 spiro atoms. The predicted molar refractivity (Wildman–Crippen MR) is 95.6 cm³/mol. The zero-order valence-corrected chi connectivity index (χ0v) is 15.5. The maximum Gasteiger partial charge on any atom is 0.407 e. The number of fused-ring (bicyclic) bond motifs is 1. The fourth-order valence-electron chi connectivity index (χ4n) is 3.90. The molecular weight excluding hydrogens is 318 g/mol. The fraction of sp³-hybridized carbons (Fsp3) is 0.650. The third-order valence-corrected chi connectivity index (χ3v) is 4.98. The molecular formula is C20H29NO4. The summed E-state index contributed by atoms with van der Waals surface area (Å²) in [5, 5.41) is 2.90. The van der Waals surface area contributed by atoms with E-state index >= 15 is 0 Å². The van der Waals surface area contributed by atoms with E-state index in [0.29, 0.717) is 19.8 Å². The molecule has 1 unspecified atom stereocenters. The number of benzene rings is 1. The van der Waals surface area contributed by atoms with Gasteiger partial charge in [0.25, 0.3) is 0 Å². The molecule has 1 amide bonds. The number of nitrogens with one attached hydrogen (secondary N) is 1. The van der Waals surface area contributed by atoms with Gasteiger partial charge in [-0.25, -0.2) is 4.79 Å². The van der Waals surface area contributed by atoms with Crippen molar-refractivity contribution in [1.82, 2.24) is 5.32 Å². The van der Waals surface area contributed by atoms with Crippen LogP contribution in [0.2, 0.25) is 0 Å². The molecule has 5 heteroatoms. The van der Waals surface area contributed by atoms with Crippen LogP contribution < -0.4 is 5.32 Å². The number of rotatable bonds is 5. The van der Waals surface area contributed by atoms with Gasteiger partial charge in [-0.2, -0.15) is 0 Å². The number of hydrogen-bond donors (Lipinski definition) is 1. The SMILES string of the molecule is CC(C)(C)OC(=O)NCCC1(CC2OCCO2)CCc2ccccc21. The van der Waals surface area contributed by atoms with Crippen LogP contribution in [0.5, 0.6) is 0 Å². The Kier molecular flexibility index (Phi) is 5.35. The first-order chi connectivity index (χ1) is 11.9. The van der Waals surface area contributed by atoms with Gasteiger partial charge in [0.05, 0.1) is 13.2 Å². The van der Waals surface area contributed by atoms with Gasteiger partial charge in [0.15, 0.2) is 6.29 Å². The van der Waals surface area contributed by atoms with E-state index in [-0.39, 0.29) is 17.8 Å². The van der Waals surface area contributed by atoms with E-state index in [0.717, 1.165) is 25.7 Å². The number of amides is 1. The smallest absolute Gasteiger partial charge is 0.407 e. The van der Waals surface area contributed by atoms with Crippen molar-refractivity contribution >= 4 is 6.09 Å². The summed E-state index contributed by atoms with van der Waals surface area (Å²) < 4.78 is 16.8. The van der Waals surface area contributed by atoms with Gasteiger partial charge in [-0.3, -0.25) is 0 Å². The summed E-state index contributed by atoms with van der Waals surface area (Å²) in [7, 11) is 0. The maximum atomic E-state index is 11.9. The first-order valence-electron chi connectivity index (χ1n) is 9.16. The van der Waals surface area contributed by atoms with Crippen LogP contribution >= 0.6 is 0 Å². The summed E-state index contributed by atoms with van der Waals surface area (Å²) >= 11 is 0. The predicted octanol–water partition coefficient (Wildman–Crippen LogP) is 3.55. The van der Waals surface area contributed by atoms with E-state index in [9.17, 15) is 4.79 Å². The molecule has 0 aromatic heterocycles. The first-order valence-corrected chi connectivity index (χ1v) is 9.16. The van der Waals surface area contributed by atoms with Crippen LogP contribution in [0.4, 0.5) is 4.79 Å². The highest BCUT2D eigenvalue weighted by atomic mass is 16.7. The zero-order chi connectivity index (χ0) is 17.9. The molecule has 5 nitrogen and oxygen atoms in total. The molecule has 1 heterocycles. The second kappa shape index (κ2) is 7.34. The second-order valence-electron chi connectivity index (χ2n) is 7.99. The molecule has 2 aliphatic rings. The lowest BCUT2D eigenvalue weighted by Crippen LogP contribution is -2.37. The lowest BCUT2D eigenvalue weighted by atomic mass is 9.75. The Bertz CT molecular complexity index is 604. The molecule has 3 rings (SSSR count). The van der Waals surface area contributed by atoms with Crippen LogP contribution in [0.1, 0.15) is 51.2 Å². The Morgan fingerprint density at radius 2 is 2.00 bits per heavy atom. The molecule has 1 saturated heterocycles. The van der Waals surface area contributed by atoms with E-state index in [4.69, 9.17) is 14.2 Å². The van der Waals surface area contributed by atoms with Crippen LogP contribution in [0.25, 0.3) is 0 Å². The van der Waals surface area contributed by atoms with E-state index in [1.807, 2.05) is 20.8 Å². The maximum absolute atomic E-state index is 11.9. The first kappa shape index (κ1) is 18.2. The molecule has 138 valence electrons. The number of ether oxygens (including phenoxy) is 3. The summed E-state index contributed by atoms with van der Waals surface area (Å²) in [6.45, 7) is 7.52. The lowest BCUT2D eigenvalue weighted by Gasteiger charge is -2.33. The molecule has 0 radical (unpaired) electrons. The molecule has 0 saturated carbocycles. The largest absolute Gasteiger partial charge is 0.444 e. The summed E-state index contributed by atoms with van der Waals surface area (Å²) in [5.74, 6) is 0. The van der Waals surface area contributed by atoms with Crippen molar-refractivity contribution in [2.24, 2.45) is 0 Å². The lowest BCUT2D eigenvalue weighted by molar-refractivity contribution is -0.0624. The Labute approximate surface area is 150 Å². The third-order valence-electron chi connectivity index (χ3n) is 4.98. The minimum atomic E-state index is -0.479. The van der Waals surface area contributed by atoms with E-state index in [1.54, 1.807) is 0 Å². The van der Waals surface area contributed by atoms with Gasteiger partial charge in [0.2, 0.25) is 0 Å². The van der Waals surface area contributed by atoms with Crippen molar-refractivity contribution in [3.05, 3.63) is 35.4 Å². The van der Waals surface area contributed by atoms with Crippen molar-refractivity contribution in [2.45, 2.75) is 63.8 Å². The second-order valence-corrected chi connectivity index (χ2v) is 7.99. The molecule has 1 aliphatic carbocycles. The van der Waals surface area contributed by atoms with Gasteiger partial charge in [0.1, 0.15) is 5.60 Å². The number of aryl methyl sites for hydroxylation is 1. The third kappa shape index (κ3) is 4.53. The molecule has 1 aromatic carbocycles. The number of hydrogen-bond acceptors (Lipinski definition) is 4. The van der Waals surface area contributed by atoms with E-state index in [2.05, 4.69) is 29.6 Å². The van der Waals surface area contributed by atoms with Crippen LogP contribution in [-0.4, -0.2) is 37.7 Å². The Morgan fingerprint density at radius 3 is 2.72 bits per heavy atom. The van der Waals surface area contributed by atoms with Gasteiger partial charge in [-0.15, -0.1) is 0 Å². The normalized spacial score (nSPS) is 23.5. The van der Waals surface area contributed by atoms with Crippen molar-refractivity contribution in [3.8, 4) is 0 Å². The monoisotopic (exact) mass is 347 g/mol.